The van der Waals surface area contributed by atoms with Gasteiger partial charge in [-0.2, -0.15) is 4.31 Å². The molecule has 5 heterocycles. The number of hydrogen-bond acceptors (Lipinski definition) is 9. The van der Waals surface area contributed by atoms with Crippen LogP contribution in [0.2, 0.25) is 5.02 Å². The second kappa shape index (κ2) is 11.7. The van der Waals surface area contributed by atoms with Gasteiger partial charge >= 0.3 is 0 Å². The van der Waals surface area contributed by atoms with Crippen LogP contribution in [0.3, 0.4) is 0 Å². The van der Waals surface area contributed by atoms with Crippen LogP contribution in [0.25, 0.3) is 22.3 Å². The molecular weight excluding hydrogens is 597 g/mol. The number of hydrogen-bond donors (Lipinski definition) is 3. The van der Waals surface area contributed by atoms with Gasteiger partial charge in [0, 0.05) is 30.0 Å². The lowest BCUT2D eigenvalue weighted by atomic mass is 10.0. The maximum absolute atomic E-state index is 14.7. The zero-order valence-corrected chi connectivity index (χ0v) is 25.9. The molecule has 0 amide bonds. The number of nitrogens with two attached hydrogens (primary N) is 1. The van der Waals surface area contributed by atoms with Crippen LogP contribution in [0, 0.1) is 5.82 Å². The first kappa shape index (κ1) is 31.2. The number of halogens is 2. The van der Waals surface area contributed by atoms with Crippen molar-refractivity contribution in [3.8, 4) is 11.3 Å². The molecule has 2 saturated heterocycles. The fourth-order valence-corrected chi connectivity index (χ4v) is 7.99. The van der Waals surface area contributed by atoms with Gasteiger partial charge in [0.2, 0.25) is 16.0 Å². The van der Waals surface area contributed by atoms with Gasteiger partial charge in [0.25, 0.3) is 0 Å². The molecule has 0 spiro atoms. The van der Waals surface area contributed by atoms with Crippen LogP contribution in [0.1, 0.15) is 65.2 Å². The molecule has 2 aliphatic rings. The van der Waals surface area contributed by atoms with E-state index in [9.17, 15) is 23.0 Å². The smallest absolute Gasteiger partial charge is 0.245 e. The summed E-state index contributed by atoms with van der Waals surface area (Å²) in [5.74, 6) is -0.0815. The molecule has 0 saturated carbocycles. The normalized spacial score (nSPS) is 20.8. The largest absolute Gasteiger partial charge is 0.391 e. The molecule has 43 heavy (non-hydrogen) atoms. The number of sulfonamides is 1. The SMILES string of the molecule is CC(C)n1c(C(C)(C)O)nc2c(F)cc(-c3nc(N)ncc3Cl)cc21.O=S(=O)(c1cccnc1)N1[C@H]2CCC(O)[C@@H]1CC2. The van der Waals surface area contributed by atoms with Crippen molar-refractivity contribution in [3.05, 3.63) is 59.5 Å². The van der Waals surface area contributed by atoms with E-state index in [0.717, 1.165) is 19.3 Å². The predicted molar refractivity (Wildman–Crippen MR) is 161 cm³/mol. The van der Waals surface area contributed by atoms with Crippen LogP contribution in [0.5, 0.6) is 0 Å². The van der Waals surface area contributed by atoms with E-state index in [1.165, 1.54) is 22.8 Å². The Hall–Kier alpha value is -3.23. The van der Waals surface area contributed by atoms with Gasteiger partial charge in [0.15, 0.2) is 5.82 Å². The van der Waals surface area contributed by atoms with Gasteiger partial charge in [0.1, 0.15) is 21.8 Å². The lowest BCUT2D eigenvalue weighted by Gasteiger charge is -2.36. The van der Waals surface area contributed by atoms with Crippen molar-refractivity contribution in [2.45, 2.75) is 88.1 Å². The summed E-state index contributed by atoms with van der Waals surface area (Å²) in [4.78, 5) is 16.3. The molecular formula is C29H35ClFN7O4S. The summed E-state index contributed by atoms with van der Waals surface area (Å²) in [6.45, 7) is 7.12. The highest BCUT2D eigenvalue weighted by Gasteiger charge is 2.48. The summed E-state index contributed by atoms with van der Waals surface area (Å²) in [5.41, 5.74) is 5.96. The summed E-state index contributed by atoms with van der Waals surface area (Å²) in [6, 6.07) is 5.98. The Morgan fingerprint density at radius 3 is 2.51 bits per heavy atom. The first-order valence-electron chi connectivity index (χ1n) is 14.0. The van der Waals surface area contributed by atoms with E-state index < -0.39 is 27.5 Å². The van der Waals surface area contributed by atoms with Crippen molar-refractivity contribution >= 4 is 38.6 Å². The number of piperidine rings is 1. The molecule has 1 unspecified atom stereocenters. The quantitative estimate of drug-likeness (QED) is 0.289. The van der Waals surface area contributed by atoms with Crippen LogP contribution in [0.15, 0.2) is 47.8 Å². The number of pyridine rings is 1. The Kier molecular flexibility index (Phi) is 8.49. The number of benzene rings is 1. The minimum Gasteiger partial charge on any atom is -0.391 e. The van der Waals surface area contributed by atoms with Gasteiger partial charge in [0.05, 0.1) is 34.6 Å². The molecule has 230 valence electrons. The van der Waals surface area contributed by atoms with Gasteiger partial charge in [-0.25, -0.2) is 27.8 Å². The third kappa shape index (κ3) is 5.96. The Labute approximate surface area is 254 Å². The van der Waals surface area contributed by atoms with Crippen molar-refractivity contribution in [3.63, 3.8) is 0 Å². The molecule has 11 nitrogen and oxygen atoms in total. The number of nitrogens with zero attached hydrogens (tertiary/aromatic N) is 6. The maximum atomic E-state index is 14.7. The fourth-order valence-electron chi connectivity index (χ4n) is 5.90. The minimum atomic E-state index is -3.52. The average molecular weight is 632 g/mol. The highest BCUT2D eigenvalue weighted by Crippen LogP contribution is 2.39. The number of aromatic nitrogens is 5. The average Bonchev–Trinajstić information content (AvgIpc) is 3.52. The number of aliphatic hydroxyl groups excluding tert-OH is 1. The standard InChI is InChI=1S/C17H19ClFN5O.C12H16N2O3S/c1-8(2)24-12-6-9(13-10(18)7-21-16(20)23-13)5-11(19)14(12)22-15(24)17(3,4)25;15-12-6-4-9-3-5-11(12)14(9)18(16,17)10-2-1-7-13-8-10/h5-8,25H,1-4H3,(H2,20,21,23);1-2,7-9,11-12,15H,3-6H2/t;9-,11+,12?/m.1/s1. The highest BCUT2D eigenvalue weighted by atomic mass is 35.5. The van der Waals surface area contributed by atoms with E-state index >= 15 is 0 Å². The summed E-state index contributed by atoms with van der Waals surface area (Å²) in [5, 5.41) is 20.6. The number of anilines is 1. The number of fused-ring (bicyclic) bond motifs is 3. The molecule has 4 aromatic rings. The van der Waals surface area contributed by atoms with E-state index in [2.05, 4.69) is 19.9 Å². The first-order valence-corrected chi connectivity index (χ1v) is 15.9. The maximum Gasteiger partial charge on any atom is 0.245 e. The monoisotopic (exact) mass is 631 g/mol. The van der Waals surface area contributed by atoms with E-state index in [4.69, 9.17) is 17.3 Å². The second-order valence-electron chi connectivity index (χ2n) is 11.7. The topological polar surface area (TPSA) is 160 Å². The van der Waals surface area contributed by atoms with Gasteiger partial charge in [-0.3, -0.25) is 4.98 Å². The van der Waals surface area contributed by atoms with Crippen molar-refractivity contribution in [1.82, 2.24) is 28.8 Å². The lowest BCUT2D eigenvalue weighted by molar-refractivity contribution is 0.0582. The number of imidazole rings is 1. The molecule has 2 fully saturated rings. The van der Waals surface area contributed by atoms with Crippen LogP contribution in [0.4, 0.5) is 10.3 Å². The van der Waals surface area contributed by atoms with Crippen molar-refractivity contribution < 1.29 is 23.0 Å². The molecule has 3 atom stereocenters. The van der Waals surface area contributed by atoms with E-state index in [1.807, 2.05) is 13.8 Å². The lowest BCUT2D eigenvalue weighted by Crippen LogP contribution is -2.50. The van der Waals surface area contributed by atoms with Crippen LogP contribution < -0.4 is 5.73 Å². The number of aliphatic hydroxyl groups is 2. The molecule has 3 aromatic heterocycles. The Balaban J connectivity index is 0.000000180. The summed E-state index contributed by atoms with van der Waals surface area (Å²) < 4.78 is 43.2. The van der Waals surface area contributed by atoms with Crippen LogP contribution in [-0.2, 0) is 15.6 Å². The molecule has 0 aliphatic carbocycles. The van der Waals surface area contributed by atoms with Crippen molar-refractivity contribution in [1.29, 1.82) is 0 Å². The molecule has 4 N–H and O–H groups in total. The summed E-state index contributed by atoms with van der Waals surface area (Å²) in [7, 11) is -3.52. The molecule has 0 radical (unpaired) electrons. The third-order valence-corrected chi connectivity index (χ3v) is 10.0. The number of nitrogen functional groups attached to an aromatic ring is 1. The van der Waals surface area contributed by atoms with Gasteiger partial charge in [-0.05, 0) is 77.6 Å². The Bertz CT molecular complexity index is 1750. The summed E-state index contributed by atoms with van der Waals surface area (Å²) in [6.07, 6.45) is 6.82. The number of rotatable bonds is 5. The fraction of sp³-hybridized carbons (Fsp3) is 0.448. The van der Waals surface area contributed by atoms with E-state index in [1.54, 1.807) is 42.8 Å². The molecule has 2 bridgehead atoms. The molecule has 2 aliphatic heterocycles. The molecule has 1 aromatic carbocycles. The predicted octanol–water partition coefficient (Wildman–Crippen LogP) is 4.43. The zero-order valence-electron chi connectivity index (χ0n) is 24.3. The van der Waals surface area contributed by atoms with E-state index in [0.29, 0.717) is 29.0 Å². The summed E-state index contributed by atoms with van der Waals surface area (Å²) >= 11 is 6.15. The van der Waals surface area contributed by atoms with Crippen LogP contribution in [-0.4, -0.2) is 65.6 Å². The minimum absolute atomic E-state index is 0.0352. The van der Waals surface area contributed by atoms with E-state index in [-0.39, 0.29) is 39.5 Å². The van der Waals surface area contributed by atoms with Crippen molar-refractivity contribution in [2.75, 3.05) is 5.73 Å². The second-order valence-corrected chi connectivity index (χ2v) is 13.9. The van der Waals surface area contributed by atoms with Gasteiger partial charge in [-0.15, -0.1) is 0 Å². The van der Waals surface area contributed by atoms with Crippen molar-refractivity contribution in [2.24, 2.45) is 0 Å². The molecule has 6 rings (SSSR count). The van der Waals surface area contributed by atoms with Gasteiger partial charge < -0.3 is 20.5 Å². The Morgan fingerprint density at radius 1 is 1.14 bits per heavy atom. The van der Waals surface area contributed by atoms with Crippen LogP contribution >= 0.6 is 11.6 Å². The highest BCUT2D eigenvalue weighted by molar-refractivity contribution is 7.89. The Morgan fingerprint density at radius 2 is 1.86 bits per heavy atom. The zero-order chi connectivity index (χ0) is 31.3. The molecule has 14 heteroatoms. The van der Waals surface area contributed by atoms with Gasteiger partial charge in [-0.1, -0.05) is 11.6 Å². The third-order valence-electron chi connectivity index (χ3n) is 7.78. The first-order chi connectivity index (χ1) is 20.2.